The van der Waals surface area contributed by atoms with Crippen LogP contribution in [0, 0.1) is 11.6 Å². The van der Waals surface area contributed by atoms with Crippen molar-refractivity contribution in [2.75, 3.05) is 0 Å². The highest BCUT2D eigenvalue weighted by molar-refractivity contribution is 8.00. The minimum atomic E-state index is -0.878. The van der Waals surface area contributed by atoms with E-state index in [1.54, 1.807) is 18.3 Å². The molecule has 0 bridgehead atoms. The molecule has 0 saturated carbocycles. The average molecular weight is 366 g/mol. The number of ketones is 1. The van der Waals surface area contributed by atoms with Crippen LogP contribution >= 0.6 is 23.1 Å². The summed E-state index contributed by atoms with van der Waals surface area (Å²) in [6, 6.07) is 6.78. The van der Waals surface area contributed by atoms with Gasteiger partial charge in [-0.1, -0.05) is 17.8 Å². The Morgan fingerprint density at radius 1 is 1.33 bits per heavy atom. The van der Waals surface area contributed by atoms with Crippen LogP contribution in [-0.2, 0) is 6.42 Å². The molecule has 0 fully saturated rings. The number of thioether (sulfide) groups is 1. The van der Waals surface area contributed by atoms with Gasteiger partial charge >= 0.3 is 0 Å². The first-order valence-electron chi connectivity index (χ1n) is 7.03. The van der Waals surface area contributed by atoms with Crippen LogP contribution in [0.4, 0.5) is 8.78 Å². The number of Topliss-reactive ketones (excluding diaryl/α,β-unsaturated/α-hetero) is 1. The quantitative estimate of drug-likeness (QED) is 0.479. The molecule has 0 aliphatic rings. The summed E-state index contributed by atoms with van der Waals surface area (Å²) in [6.45, 7) is 1.61. The first kappa shape index (κ1) is 16.8. The Bertz CT molecular complexity index is 850. The lowest BCUT2D eigenvalue weighted by Crippen LogP contribution is -2.15. The minimum absolute atomic E-state index is 0.158. The number of carbonyl (C=O) groups is 1. The highest BCUT2D eigenvalue weighted by atomic mass is 32.2. The standard InChI is InChI=1S/C16H12F2N2O2S2/c1-9(15(21)12-5-4-10(17)7-13(12)18)24-16-20-19-14(22-16)8-11-3-2-6-23-11/h2-7,9H,8H2,1H3. The van der Waals surface area contributed by atoms with E-state index in [-0.39, 0.29) is 10.8 Å². The van der Waals surface area contributed by atoms with E-state index in [9.17, 15) is 13.6 Å². The van der Waals surface area contributed by atoms with Crippen LogP contribution in [0.25, 0.3) is 0 Å². The molecule has 1 unspecified atom stereocenters. The summed E-state index contributed by atoms with van der Waals surface area (Å²) in [7, 11) is 0. The van der Waals surface area contributed by atoms with Crippen LogP contribution in [0.3, 0.4) is 0 Å². The second-order valence-corrected chi connectivity index (χ2v) is 7.29. The number of nitrogens with zero attached hydrogens (tertiary/aromatic N) is 2. The van der Waals surface area contributed by atoms with E-state index in [0.29, 0.717) is 18.4 Å². The Morgan fingerprint density at radius 3 is 2.88 bits per heavy atom. The molecule has 1 atom stereocenters. The highest BCUT2D eigenvalue weighted by Crippen LogP contribution is 2.26. The molecular formula is C16H12F2N2O2S2. The van der Waals surface area contributed by atoms with Gasteiger partial charge in [-0.3, -0.25) is 4.79 Å². The van der Waals surface area contributed by atoms with Gasteiger partial charge in [-0.15, -0.1) is 21.5 Å². The summed E-state index contributed by atoms with van der Waals surface area (Å²) in [5.74, 6) is -1.61. The lowest BCUT2D eigenvalue weighted by molar-refractivity contribution is 0.0989. The van der Waals surface area contributed by atoms with Gasteiger partial charge in [0.25, 0.3) is 5.22 Å². The second kappa shape index (κ2) is 7.23. The SMILES string of the molecule is CC(Sc1nnc(Cc2cccs2)o1)C(=O)c1ccc(F)cc1F. The van der Waals surface area contributed by atoms with Gasteiger partial charge < -0.3 is 4.42 Å². The maximum atomic E-state index is 13.7. The lowest BCUT2D eigenvalue weighted by Gasteiger charge is -2.08. The first-order chi connectivity index (χ1) is 11.5. The van der Waals surface area contributed by atoms with Gasteiger partial charge in [0.2, 0.25) is 5.89 Å². The van der Waals surface area contributed by atoms with E-state index in [2.05, 4.69) is 10.2 Å². The number of carbonyl (C=O) groups excluding carboxylic acids is 1. The van der Waals surface area contributed by atoms with Gasteiger partial charge in [-0.25, -0.2) is 8.78 Å². The molecule has 0 saturated heterocycles. The lowest BCUT2D eigenvalue weighted by atomic mass is 10.1. The molecule has 2 aromatic heterocycles. The number of benzene rings is 1. The molecule has 2 heterocycles. The maximum Gasteiger partial charge on any atom is 0.277 e. The van der Waals surface area contributed by atoms with Crippen molar-refractivity contribution in [1.82, 2.24) is 10.2 Å². The van der Waals surface area contributed by atoms with Crippen LogP contribution in [0.1, 0.15) is 28.0 Å². The Morgan fingerprint density at radius 2 is 2.17 bits per heavy atom. The fourth-order valence-corrected chi connectivity index (χ4v) is 3.50. The smallest absolute Gasteiger partial charge is 0.277 e. The molecule has 0 N–H and O–H groups in total. The van der Waals surface area contributed by atoms with Crippen molar-refractivity contribution in [1.29, 1.82) is 0 Å². The molecule has 1 aromatic carbocycles. The highest BCUT2D eigenvalue weighted by Gasteiger charge is 2.22. The molecule has 0 radical (unpaired) electrons. The Labute approximate surface area is 144 Å². The van der Waals surface area contributed by atoms with Crippen molar-refractivity contribution in [2.45, 2.75) is 23.8 Å². The van der Waals surface area contributed by atoms with Gasteiger partial charge in [-0.05, 0) is 30.5 Å². The van der Waals surface area contributed by atoms with Crippen LogP contribution in [0.15, 0.2) is 45.4 Å². The number of halogens is 2. The van der Waals surface area contributed by atoms with Crippen molar-refractivity contribution in [3.63, 3.8) is 0 Å². The fourth-order valence-electron chi connectivity index (χ4n) is 2.03. The molecule has 8 heteroatoms. The molecule has 124 valence electrons. The number of thiophene rings is 1. The summed E-state index contributed by atoms with van der Waals surface area (Å²) >= 11 is 2.63. The Balaban J connectivity index is 1.67. The number of hydrogen-bond donors (Lipinski definition) is 0. The van der Waals surface area contributed by atoms with Crippen LogP contribution in [0.2, 0.25) is 0 Å². The van der Waals surface area contributed by atoms with Gasteiger partial charge in [-0.2, -0.15) is 0 Å². The van der Waals surface area contributed by atoms with Gasteiger partial charge in [0.1, 0.15) is 11.6 Å². The predicted molar refractivity (Wildman–Crippen MR) is 87.4 cm³/mol. The average Bonchev–Trinajstić information content (AvgIpc) is 3.19. The fraction of sp³-hybridized carbons (Fsp3) is 0.188. The van der Waals surface area contributed by atoms with Crippen molar-refractivity contribution in [3.8, 4) is 0 Å². The normalized spacial score (nSPS) is 12.3. The molecule has 0 aliphatic heterocycles. The second-order valence-electron chi connectivity index (χ2n) is 4.97. The zero-order chi connectivity index (χ0) is 17.1. The third-order valence-electron chi connectivity index (χ3n) is 3.20. The van der Waals surface area contributed by atoms with Gasteiger partial charge in [0.15, 0.2) is 5.78 Å². The number of aromatic nitrogens is 2. The number of rotatable bonds is 6. The molecule has 3 aromatic rings. The minimum Gasteiger partial charge on any atom is -0.416 e. The first-order valence-corrected chi connectivity index (χ1v) is 8.79. The molecule has 0 amide bonds. The summed E-state index contributed by atoms with van der Waals surface area (Å²) in [6.07, 6.45) is 0.528. The number of hydrogen-bond acceptors (Lipinski definition) is 6. The zero-order valence-electron chi connectivity index (χ0n) is 12.5. The van der Waals surface area contributed by atoms with E-state index in [1.165, 1.54) is 0 Å². The van der Waals surface area contributed by atoms with E-state index < -0.39 is 22.7 Å². The van der Waals surface area contributed by atoms with Crippen molar-refractivity contribution < 1.29 is 18.0 Å². The molecule has 4 nitrogen and oxygen atoms in total. The van der Waals surface area contributed by atoms with Crippen molar-refractivity contribution in [2.24, 2.45) is 0 Å². The van der Waals surface area contributed by atoms with Crippen molar-refractivity contribution >= 4 is 28.9 Å². The molecule has 3 rings (SSSR count). The Hall–Kier alpha value is -2.06. The summed E-state index contributed by atoms with van der Waals surface area (Å²) in [5.41, 5.74) is -0.158. The topological polar surface area (TPSA) is 56.0 Å². The predicted octanol–water partition coefficient (Wildman–Crippen LogP) is 4.36. The van der Waals surface area contributed by atoms with E-state index in [0.717, 1.165) is 28.8 Å². The van der Waals surface area contributed by atoms with Crippen LogP contribution < -0.4 is 0 Å². The van der Waals surface area contributed by atoms with Crippen LogP contribution in [-0.4, -0.2) is 21.2 Å². The van der Waals surface area contributed by atoms with Crippen LogP contribution in [0.5, 0.6) is 0 Å². The Kier molecular flexibility index (Phi) is 5.06. The van der Waals surface area contributed by atoms with E-state index >= 15 is 0 Å². The maximum absolute atomic E-state index is 13.7. The van der Waals surface area contributed by atoms with E-state index in [4.69, 9.17) is 4.42 Å². The molecule has 24 heavy (non-hydrogen) atoms. The summed E-state index contributed by atoms with van der Waals surface area (Å²) in [4.78, 5) is 13.4. The monoisotopic (exact) mass is 366 g/mol. The molecule has 0 aliphatic carbocycles. The van der Waals surface area contributed by atoms with Gasteiger partial charge in [0.05, 0.1) is 17.2 Å². The van der Waals surface area contributed by atoms with E-state index in [1.807, 2.05) is 17.5 Å². The molecule has 0 spiro atoms. The summed E-state index contributed by atoms with van der Waals surface area (Å²) in [5, 5.41) is 9.39. The van der Waals surface area contributed by atoms with Gasteiger partial charge in [0, 0.05) is 10.9 Å². The zero-order valence-corrected chi connectivity index (χ0v) is 14.2. The third-order valence-corrected chi connectivity index (χ3v) is 5.01. The largest absolute Gasteiger partial charge is 0.416 e. The third kappa shape index (κ3) is 3.88. The molecular weight excluding hydrogens is 354 g/mol. The van der Waals surface area contributed by atoms with Crippen molar-refractivity contribution in [3.05, 3.63) is 63.7 Å². The summed E-state index contributed by atoms with van der Waals surface area (Å²) < 4.78 is 32.1.